The van der Waals surface area contributed by atoms with Gasteiger partial charge in [-0.1, -0.05) is 6.07 Å². The van der Waals surface area contributed by atoms with Crippen molar-refractivity contribution in [2.24, 2.45) is 0 Å². The molecule has 1 heterocycles. The molecule has 0 radical (unpaired) electrons. The van der Waals surface area contributed by atoms with Crippen molar-refractivity contribution >= 4 is 11.5 Å². The molecule has 1 N–H and O–H groups in total. The summed E-state index contributed by atoms with van der Waals surface area (Å²) in [4.78, 5) is 4.20. The summed E-state index contributed by atoms with van der Waals surface area (Å²) in [5.74, 6) is 1.72. The Morgan fingerprint density at radius 2 is 1.82 bits per heavy atom. The predicted molar refractivity (Wildman–Crippen MR) is 69.7 cm³/mol. The first-order valence-electron chi connectivity index (χ1n) is 5.69. The molecule has 0 spiro atoms. The summed E-state index contributed by atoms with van der Waals surface area (Å²) < 4.78 is 5.58. The molecule has 2 rings (SSSR count). The molecule has 1 aromatic carbocycles. The van der Waals surface area contributed by atoms with Crippen LogP contribution in [0.25, 0.3) is 0 Å². The summed E-state index contributed by atoms with van der Waals surface area (Å²) in [6.07, 6.45) is 1.96. The lowest BCUT2D eigenvalue weighted by molar-refractivity contribution is 0.242. The van der Waals surface area contributed by atoms with Gasteiger partial charge >= 0.3 is 0 Å². The Balaban J connectivity index is 2.03. The van der Waals surface area contributed by atoms with Crippen LogP contribution < -0.4 is 10.1 Å². The summed E-state index contributed by atoms with van der Waals surface area (Å²) in [5, 5.41) is 3.22. The van der Waals surface area contributed by atoms with Gasteiger partial charge in [0.1, 0.15) is 11.6 Å². The lowest BCUT2D eigenvalue weighted by atomic mass is 10.3. The van der Waals surface area contributed by atoms with Gasteiger partial charge in [-0.15, -0.1) is 0 Å². The van der Waals surface area contributed by atoms with Crippen LogP contribution in [0.4, 0.5) is 11.5 Å². The number of hydrogen-bond donors (Lipinski definition) is 1. The smallest absolute Gasteiger partial charge is 0.130 e. The number of rotatable bonds is 4. The first-order chi connectivity index (χ1) is 8.24. The average molecular weight is 228 g/mol. The average Bonchev–Trinajstić information content (AvgIpc) is 2.32. The van der Waals surface area contributed by atoms with Crippen LogP contribution in [-0.4, -0.2) is 11.1 Å². The van der Waals surface area contributed by atoms with E-state index < -0.39 is 0 Å². The molecule has 3 nitrogen and oxygen atoms in total. The normalized spacial score (nSPS) is 10.3. The van der Waals surface area contributed by atoms with Crippen molar-refractivity contribution in [3.05, 3.63) is 48.7 Å². The van der Waals surface area contributed by atoms with Crippen molar-refractivity contribution in [3.8, 4) is 5.75 Å². The number of anilines is 2. The molecule has 0 unspecified atom stereocenters. The number of ether oxygens (including phenoxy) is 1. The van der Waals surface area contributed by atoms with E-state index in [9.17, 15) is 0 Å². The maximum Gasteiger partial charge on any atom is 0.130 e. The van der Waals surface area contributed by atoms with Crippen molar-refractivity contribution in [2.45, 2.75) is 20.0 Å². The van der Waals surface area contributed by atoms with E-state index in [0.717, 1.165) is 17.3 Å². The maximum atomic E-state index is 5.58. The van der Waals surface area contributed by atoms with Crippen LogP contribution in [0.1, 0.15) is 13.8 Å². The van der Waals surface area contributed by atoms with Gasteiger partial charge < -0.3 is 10.1 Å². The van der Waals surface area contributed by atoms with E-state index in [1.807, 2.05) is 56.3 Å². The standard InChI is InChI=1S/C14H16N2O/c1-11(2)17-13-8-6-12(7-9-13)16-14-5-3-4-10-15-14/h3-11H,1-2H3,(H,15,16). The Bertz CT molecular complexity index is 451. The fourth-order valence-corrected chi connectivity index (χ4v) is 1.47. The zero-order valence-corrected chi connectivity index (χ0v) is 10.1. The van der Waals surface area contributed by atoms with Gasteiger partial charge in [0.15, 0.2) is 0 Å². The minimum absolute atomic E-state index is 0.199. The lowest BCUT2D eigenvalue weighted by Gasteiger charge is -2.10. The fourth-order valence-electron chi connectivity index (χ4n) is 1.47. The Kier molecular flexibility index (Phi) is 3.60. The minimum Gasteiger partial charge on any atom is -0.491 e. The third-order valence-corrected chi connectivity index (χ3v) is 2.16. The van der Waals surface area contributed by atoms with Crippen LogP contribution >= 0.6 is 0 Å². The molecule has 0 atom stereocenters. The second kappa shape index (κ2) is 5.34. The number of hydrogen-bond acceptors (Lipinski definition) is 3. The van der Waals surface area contributed by atoms with Gasteiger partial charge in [-0.25, -0.2) is 4.98 Å². The molecular formula is C14H16N2O. The first kappa shape index (κ1) is 11.5. The molecule has 0 bridgehead atoms. The van der Waals surface area contributed by atoms with Crippen LogP contribution in [-0.2, 0) is 0 Å². The molecule has 88 valence electrons. The molecule has 17 heavy (non-hydrogen) atoms. The number of pyridine rings is 1. The Hall–Kier alpha value is -2.03. The van der Waals surface area contributed by atoms with Gasteiger partial charge in [0, 0.05) is 11.9 Å². The summed E-state index contributed by atoms with van der Waals surface area (Å²) in [7, 11) is 0. The van der Waals surface area contributed by atoms with Crippen molar-refractivity contribution in [1.29, 1.82) is 0 Å². The quantitative estimate of drug-likeness (QED) is 0.868. The van der Waals surface area contributed by atoms with E-state index in [-0.39, 0.29) is 6.10 Å². The first-order valence-corrected chi connectivity index (χ1v) is 5.69. The highest BCUT2D eigenvalue weighted by molar-refractivity contribution is 5.56. The second-order valence-corrected chi connectivity index (χ2v) is 4.03. The highest BCUT2D eigenvalue weighted by Crippen LogP contribution is 2.19. The van der Waals surface area contributed by atoms with Crippen molar-refractivity contribution in [1.82, 2.24) is 4.98 Å². The predicted octanol–water partition coefficient (Wildman–Crippen LogP) is 3.61. The second-order valence-electron chi connectivity index (χ2n) is 4.03. The zero-order chi connectivity index (χ0) is 12.1. The highest BCUT2D eigenvalue weighted by atomic mass is 16.5. The Labute approximate surface area is 101 Å². The van der Waals surface area contributed by atoms with Gasteiger partial charge in [0.05, 0.1) is 6.10 Å². The maximum absolute atomic E-state index is 5.58. The van der Waals surface area contributed by atoms with Crippen molar-refractivity contribution < 1.29 is 4.74 Å². The van der Waals surface area contributed by atoms with E-state index in [1.165, 1.54) is 0 Å². The number of aromatic nitrogens is 1. The number of nitrogens with one attached hydrogen (secondary N) is 1. The molecule has 0 amide bonds. The van der Waals surface area contributed by atoms with Crippen molar-refractivity contribution in [2.75, 3.05) is 5.32 Å². The molecule has 0 saturated carbocycles. The Morgan fingerprint density at radius 1 is 1.06 bits per heavy atom. The van der Waals surface area contributed by atoms with Crippen LogP contribution in [0.15, 0.2) is 48.7 Å². The van der Waals surface area contributed by atoms with E-state index in [2.05, 4.69) is 10.3 Å². The molecule has 0 saturated heterocycles. The Morgan fingerprint density at radius 3 is 2.41 bits per heavy atom. The van der Waals surface area contributed by atoms with E-state index >= 15 is 0 Å². The molecular weight excluding hydrogens is 212 g/mol. The lowest BCUT2D eigenvalue weighted by Crippen LogP contribution is -2.05. The van der Waals surface area contributed by atoms with Crippen LogP contribution in [0.2, 0.25) is 0 Å². The summed E-state index contributed by atoms with van der Waals surface area (Å²) in [5.41, 5.74) is 1.000. The van der Waals surface area contributed by atoms with Crippen LogP contribution in [0, 0.1) is 0 Å². The molecule has 2 aromatic rings. The molecule has 0 fully saturated rings. The molecule has 0 aliphatic carbocycles. The van der Waals surface area contributed by atoms with E-state index in [4.69, 9.17) is 4.74 Å². The minimum atomic E-state index is 0.199. The van der Waals surface area contributed by atoms with Crippen molar-refractivity contribution in [3.63, 3.8) is 0 Å². The van der Waals surface area contributed by atoms with Crippen LogP contribution in [0.3, 0.4) is 0 Å². The van der Waals surface area contributed by atoms with E-state index in [0.29, 0.717) is 0 Å². The van der Waals surface area contributed by atoms with Gasteiger partial charge in [0.25, 0.3) is 0 Å². The third-order valence-electron chi connectivity index (χ3n) is 2.16. The summed E-state index contributed by atoms with van der Waals surface area (Å²) >= 11 is 0. The SMILES string of the molecule is CC(C)Oc1ccc(Nc2ccccn2)cc1. The highest BCUT2D eigenvalue weighted by Gasteiger charge is 1.98. The molecule has 3 heteroatoms. The fraction of sp³-hybridized carbons (Fsp3) is 0.214. The largest absolute Gasteiger partial charge is 0.491 e. The molecule has 1 aromatic heterocycles. The monoisotopic (exact) mass is 228 g/mol. The topological polar surface area (TPSA) is 34.1 Å². The molecule has 0 aliphatic rings. The third kappa shape index (κ3) is 3.48. The number of nitrogens with zero attached hydrogens (tertiary/aromatic N) is 1. The van der Waals surface area contributed by atoms with Gasteiger partial charge in [-0.2, -0.15) is 0 Å². The summed E-state index contributed by atoms with van der Waals surface area (Å²) in [6, 6.07) is 13.6. The zero-order valence-electron chi connectivity index (χ0n) is 10.1. The van der Waals surface area contributed by atoms with Gasteiger partial charge in [0.2, 0.25) is 0 Å². The number of benzene rings is 1. The van der Waals surface area contributed by atoms with Gasteiger partial charge in [-0.3, -0.25) is 0 Å². The van der Waals surface area contributed by atoms with E-state index in [1.54, 1.807) is 6.20 Å². The summed E-state index contributed by atoms with van der Waals surface area (Å²) in [6.45, 7) is 4.03. The van der Waals surface area contributed by atoms with Gasteiger partial charge in [-0.05, 0) is 50.2 Å². The van der Waals surface area contributed by atoms with Crippen LogP contribution in [0.5, 0.6) is 5.75 Å². The molecule has 0 aliphatic heterocycles.